The first kappa shape index (κ1) is 9.33. The van der Waals surface area contributed by atoms with Crippen LogP contribution in [0.2, 0.25) is 0 Å². The molecule has 0 bridgehead atoms. The lowest BCUT2D eigenvalue weighted by Crippen LogP contribution is -2.12. The molecule has 0 aliphatic carbocycles. The van der Waals surface area contributed by atoms with Gasteiger partial charge in [0.25, 0.3) is 5.56 Å². The minimum Gasteiger partial charge on any atom is -0.310 e. The van der Waals surface area contributed by atoms with Crippen LogP contribution in [0.3, 0.4) is 0 Å². The number of aryl methyl sites for hydroxylation is 2. The molecule has 2 aromatic heterocycles. The highest BCUT2D eigenvalue weighted by Gasteiger charge is 2.07. The van der Waals surface area contributed by atoms with Gasteiger partial charge in [0.05, 0.1) is 5.39 Å². The summed E-state index contributed by atoms with van der Waals surface area (Å²) in [6, 6.07) is 0. The first-order chi connectivity index (χ1) is 6.59. The zero-order valence-electron chi connectivity index (χ0n) is 7.76. The third kappa shape index (κ3) is 1.33. The molecule has 0 amide bonds. The summed E-state index contributed by atoms with van der Waals surface area (Å²) in [5, 5.41) is 0.546. The fourth-order valence-corrected chi connectivity index (χ4v) is 1.64. The van der Waals surface area contributed by atoms with Crippen molar-refractivity contribution in [3.05, 3.63) is 32.4 Å². The van der Waals surface area contributed by atoms with Crippen molar-refractivity contribution in [1.82, 2.24) is 15.0 Å². The van der Waals surface area contributed by atoms with Gasteiger partial charge < -0.3 is 4.98 Å². The smallest absolute Gasteiger partial charge is 0.260 e. The highest BCUT2D eigenvalue weighted by Crippen LogP contribution is 2.19. The van der Waals surface area contributed by atoms with Crippen LogP contribution < -0.4 is 5.56 Å². The van der Waals surface area contributed by atoms with E-state index in [2.05, 4.69) is 30.9 Å². The van der Waals surface area contributed by atoms with Crippen LogP contribution in [0, 0.1) is 13.8 Å². The van der Waals surface area contributed by atoms with Crippen molar-refractivity contribution in [2.24, 2.45) is 0 Å². The van der Waals surface area contributed by atoms with Gasteiger partial charge in [0.1, 0.15) is 5.82 Å². The van der Waals surface area contributed by atoms with E-state index >= 15 is 0 Å². The average molecular weight is 254 g/mol. The minimum atomic E-state index is -0.140. The Bertz CT molecular complexity index is 562. The molecule has 2 aromatic rings. The number of aromatic amines is 1. The van der Waals surface area contributed by atoms with Crippen molar-refractivity contribution in [3.63, 3.8) is 0 Å². The third-order valence-corrected chi connectivity index (χ3v) is 2.85. The van der Waals surface area contributed by atoms with Crippen molar-refractivity contribution < 1.29 is 0 Å². The maximum absolute atomic E-state index is 11.6. The summed E-state index contributed by atoms with van der Waals surface area (Å²) in [6.45, 7) is 3.60. The summed E-state index contributed by atoms with van der Waals surface area (Å²) in [6.07, 6.45) is 1.66. The molecule has 0 fully saturated rings. The van der Waals surface area contributed by atoms with Gasteiger partial charge in [-0.2, -0.15) is 0 Å². The Morgan fingerprint density at radius 2 is 2.14 bits per heavy atom. The second-order valence-electron chi connectivity index (χ2n) is 3.08. The van der Waals surface area contributed by atoms with Crippen LogP contribution in [0.15, 0.2) is 15.5 Å². The summed E-state index contributed by atoms with van der Waals surface area (Å²) in [5.41, 5.74) is 1.22. The molecule has 0 aliphatic heterocycles. The highest BCUT2D eigenvalue weighted by molar-refractivity contribution is 9.10. The van der Waals surface area contributed by atoms with Crippen molar-refractivity contribution in [3.8, 4) is 0 Å². The maximum Gasteiger partial charge on any atom is 0.260 e. The van der Waals surface area contributed by atoms with E-state index in [9.17, 15) is 4.79 Å². The van der Waals surface area contributed by atoms with E-state index in [0.717, 1.165) is 10.0 Å². The quantitative estimate of drug-likeness (QED) is 0.778. The van der Waals surface area contributed by atoms with Crippen LogP contribution in [-0.4, -0.2) is 15.0 Å². The summed E-state index contributed by atoms with van der Waals surface area (Å²) in [7, 11) is 0. The Morgan fingerprint density at radius 1 is 1.43 bits per heavy atom. The molecule has 0 unspecified atom stereocenters. The normalized spacial score (nSPS) is 10.8. The van der Waals surface area contributed by atoms with E-state index in [-0.39, 0.29) is 5.56 Å². The molecule has 72 valence electrons. The summed E-state index contributed by atoms with van der Waals surface area (Å²) in [4.78, 5) is 22.5. The standard InChI is InChI=1S/C9H8BrN3O/c1-4-6(10)3-11-8-7(4)9(14)13-5(2)12-8/h3H,1-2H3,(H,11,12,13,14). The van der Waals surface area contributed by atoms with E-state index in [1.54, 1.807) is 13.1 Å². The summed E-state index contributed by atoms with van der Waals surface area (Å²) >= 11 is 3.33. The van der Waals surface area contributed by atoms with Crippen molar-refractivity contribution in [1.29, 1.82) is 0 Å². The molecule has 0 aromatic carbocycles. The second-order valence-corrected chi connectivity index (χ2v) is 3.94. The molecule has 2 heterocycles. The van der Waals surface area contributed by atoms with Gasteiger partial charge in [0, 0.05) is 10.7 Å². The zero-order valence-corrected chi connectivity index (χ0v) is 9.34. The number of H-pyrrole nitrogens is 1. The molecule has 0 atom stereocenters. The summed E-state index contributed by atoms with van der Waals surface area (Å²) < 4.78 is 0.821. The van der Waals surface area contributed by atoms with E-state index in [1.807, 2.05) is 6.92 Å². The fourth-order valence-electron chi connectivity index (χ4n) is 1.34. The predicted molar refractivity (Wildman–Crippen MR) is 57.3 cm³/mol. The van der Waals surface area contributed by atoms with Gasteiger partial charge in [0.2, 0.25) is 0 Å². The fraction of sp³-hybridized carbons (Fsp3) is 0.222. The van der Waals surface area contributed by atoms with Crippen LogP contribution in [0.25, 0.3) is 11.0 Å². The Morgan fingerprint density at radius 3 is 2.86 bits per heavy atom. The van der Waals surface area contributed by atoms with E-state index < -0.39 is 0 Å². The summed E-state index contributed by atoms with van der Waals surface area (Å²) in [5.74, 6) is 0.580. The highest BCUT2D eigenvalue weighted by atomic mass is 79.9. The number of halogens is 1. The number of nitrogens with one attached hydrogen (secondary N) is 1. The molecule has 5 heteroatoms. The van der Waals surface area contributed by atoms with Gasteiger partial charge in [-0.25, -0.2) is 9.97 Å². The van der Waals surface area contributed by atoms with Gasteiger partial charge >= 0.3 is 0 Å². The van der Waals surface area contributed by atoms with Crippen molar-refractivity contribution in [2.75, 3.05) is 0 Å². The van der Waals surface area contributed by atoms with Crippen LogP contribution in [-0.2, 0) is 0 Å². The van der Waals surface area contributed by atoms with Crippen molar-refractivity contribution in [2.45, 2.75) is 13.8 Å². The molecular formula is C9H8BrN3O. The Labute approximate surface area is 88.5 Å². The second kappa shape index (κ2) is 3.16. The zero-order chi connectivity index (χ0) is 10.3. The van der Waals surface area contributed by atoms with Crippen LogP contribution in [0.1, 0.15) is 11.4 Å². The molecule has 14 heavy (non-hydrogen) atoms. The number of hydrogen-bond acceptors (Lipinski definition) is 3. The molecule has 4 nitrogen and oxygen atoms in total. The van der Waals surface area contributed by atoms with Gasteiger partial charge in [-0.15, -0.1) is 0 Å². The number of nitrogens with zero attached hydrogens (tertiary/aromatic N) is 2. The van der Waals surface area contributed by atoms with Crippen molar-refractivity contribution >= 4 is 27.0 Å². The maximum atomic E-state index is 11.6. The number of hydrogen-bond donors (Lipinski definition) is 1. The molecular weight excluding hydrogens is 246 g/mol. The van der Waals surface area contributed by atoms with Crippen LogP contribution in [0.5, 0.6) is 0 Å². The number of aromatic nitrogens is 3. The van der Waals surface area contributed by atoms with Gasteiger partial charge in [-0.05, 0) is 35.3 Å². The molecule has 2 rings (SSSR count). The van der Waals surface area contributed by atoms with Gasteiger partial charge in [-0.3, -0.25) is 4.79 Å². The Hall–Kier alpha value is -1.23. The van der Waals surface area contributed by atoms with E-state index in [0.29, 0.717) is 16.9 Å². The Balaban J connectivity index is 3.03. The molecule has 0 aliphatic rings. The Kier molecular flexibility index (Phi) is 2.11. The molecule has 0 saturated carbocycles. The van der Waals surface area contributed by atoms with Gasteiger partial charge in [0.15, 0.2) is 5.65 Å². The van der Waals surface area contributed by atoms with Crippen LogP contribution >= 0.6 is 15.9 Å². The molecule has 0 spiro atoms. The first-order valence-electron chi connectivity index (χ1n) is 4.11. The first-order valence-corrected chi connectivity index (χ1v) is 4.90. The SMILES string of the molecule is Cc1nc2ncc(Br)c(C)c2c(=O)[nH]1. The monoisotopic (exact) mass is 253 g/mol. The number of pyridine rings is 1. The number of rotatable bonds is 0. The van der Waals surface area contributed by atoms with E-state index in [1.165, 1.54) is 0 Å². The van der Waals surface area contributed by atoms with E-state index in [4.69, 9.17) is 0 Å². The largest absolute Gasteiger partial charge is 0.310 e. The third-order valence-electron chi connectivity index (χ3n) is 2.05. The molecule has 0 radical (unpaired) electrons. The van der Waals surface area contributed by atoms with Crippen LogP contribution in [0.4, 0.5) is 0 Å². The minimum absolute atomic E-state index is 0.140. The van der Waals surface area contributed by atoms with Gasteiger partial charge in [-0.1, -0.05) is 0 Å². The topological polar surface area (TPSA) is 58.6 Å². The lowest BCUT2D eigenvalue weighted by molar-refractivity contribution is 1.04. The lowest BCUT2D eigenvalue weighted by atomic mass is 10.2. The lowest BCUT2D eigenvalue weighted by Gasteiger charge is -2.02. The average Bonchev–Trinajstić information content (AvgIpc) is 2.10. The molecule has 0 saturated heterocycles. The predicted octanol–water partition coefficient (Wildman–Crippen LogP) is 1.70. The number of fused-ring (bicyclic) bond motifs is 1. The molecule has 1 N–H and O–H groups in total.